The summed E-state index contributed by atoms with van der Waals surface area (Å²) in [6, 6.07) is 11.3. The first-order chi connectivity index (χ1) is 10.6. The highest BCUT2D eigenvalue weighted by atomic mass is 35.5. The molecule has 3 aromatic rings. The Morgan fingerprint density at radius 2 is 1.09 bits per heavy atom. The Bertz CT molecular complexity index is 1050. The Labute approximate surface area is 134 Å². The van der Waals surface area contributed by atoms with Crippen molar-refractivity contribution in [3.63, 3.8) is 0 Å². The Morgan fingerprint density at radius 3 is 1.50 bits per heavy atom. The maximum absolute atomic E-state index is 12.0. The van der Waals surface area contributed by atoms with Crippen LogP contribution in [0.3, 0.4) is 0 Å². The van der Waals surface area contributed by atoms with E-state index in [0.717, 1.165) is 11.0 Å². The largest absolute Gasteiger partial charge is 0.308 e. The number of pyridine rings is 2. The van der Waals surface area contributed by atoms with Crippen molar-refractivity contribution in [3.8, 4) is 0 Å². The van der Waals surface area contributed by atoms with Crippen LogP contribution in [-0.2, 0) is 9.59 Å². The van der Waals surface area contributed by atoms with Crippen LogP contribution in [0.15, 0.2) is 48.8 Å². The molecule has 0 unspecified atom stereocenters. The zero-order valence-corrected chi connectivity index (χ0v) is 12.6. The van der Waals surface area contributed by atoms with Crippen LogP contribution in [0.5, 0.6) is 0 Å². The fourth-order valence-corrected chi connectivity index (χ4v) is 3.29. The summed E-state index contributed by atoms with van der Waals surface area (Å²) >= 11 is 12.4. The van der Waals surface area contributed by atoms with Crippen molar-refractivity contribution in [1.82, 2.24) is 0 Å². The molecule has 0 saturated carbocycles. The zero-order valence-electron chi connectivity index (χ0n) is 11.1. The van der Waals surface area contributed by atoms with Gasteiger partial charge in [0.1, 0.15) is 0 Å². The molecule has 1 aliphatic rings. The minimum Gasteiger partial charge on any atom is -0.284 e. The summed E-state index contributed by atoms with van der Waals surface area (Å²) in [5.74, 6) is -1.57. The van der Waals surface area contributed by atoms with E-state index in [2.05, 4.69) is 0 Å². The molecule has 0 amide bonds. The molecular formula is C16H8Cl2N2O2+2. The number of ketones is 2. The van der Waals surface area contributed by atoms with Crippen molar-refractivity contribution < 1.29 is 18.4 Å². The van der Waals surface area contributed by atoms with Gasteiger partial charge < -0.3 is 0 Å². The molecule has 4 rings (SSSR count). The van der Waals surface area contributed by atoms with E-state index in [0.29, 0.717) is 10.7 Å². The molecule has 4 nitrogen and oxygen atoms in total. The summed E-state index contributed by atoms with van der Waals surface area (Å²) in [6.45, 7) is 0. The number of halogens is 2. The Hall–Kier alpha value is -2.30. The van der Waals surface area contributed by atoms with E-state index in [-0.39, 0.29) is 10.1 Å². The van der Waals surface area contributed by atoms with Crippen LogP contribution in [0.2, 0.25) is 0 Å². The number of fused-ring (bicyclic) bond motifs is 6. The van der Waals surface area contributed by atoms with Gasteiger partial charge in [-0.3, -0.25) is 9.59 Å². The maximum atomic E-state index is 12.0. The van der Waals surface area contributed by atoms with Gasteiger partial charge >= 0.3 is 10.7 Å². The molecule has 0 fully saturated rings. The molecule has 0 bridgehead atoms. The first kappa shape index (κ1) is 13.4. The van der Waals surface area contributed by atoms with Crippen LogP contribution in [0.25, 0.3) is 21.1 Å². The average molecular weight is 331 g/mol. The Morgan fingerprint density at radius 1 is 0.682 bits per heavy atom. The standard InChI is InChI=1S/C16H8Cl2N2O2/c17-11-13-14(12(18)16(22)15(11)21)20-8-4-2-6-10(20)9-5-1-3-7-19(9)13/h1-8H/q+2. The van der Waals surface area contributed by atoms with Crippen LogP contribution in [-0.4, -0.2) is 11.6 Å². The van der Waals surface area contributed by atoms with Crippen molar-refractivity contribution in [2.75, 3.05) is 0 Å². The van der Waals surface area contributed by atoms with Gasteiger partial charge in [0.25, 0.3) is 22.6 Å². The Kier molecular flexibility index (Phi) is 2.79. The molecule has 0 saturated heterocycles. The molecule has 0 atom stereocenters. The van der Waals surface area contributed by atoms with Crippen LogP contribution < -0.4 is 19.5 Å². The van der Waals surface area contributed by atoms with Crippen LogP contribution in [0.4, 0.5) is 0 Å². The van der Waals surface area contributed by atoms with Crippen molar-refractivity contribution in [2.24, 2.45) is 0 Å². The first-order valence-electron chi connectivity index (χ1n) is 6.52. The molecule has 0 N–H and O–H groups in total. The SMILES string of the molecule is O=C1C(=O)C(Cl)=c2c([n+]3ccccc3c3cccc[n+]23)=C1Cl. The topological polar surface area (TPSA) is 42.3 Å². The van der Waals surface area contributed by atoms with Crippen molar-refractivity contribution >= 4 is 55.9 Å². The van der Waals surface area contributed by atoms with Gasteiger partial charge in [-0.25, -0.2) is 0 Å². The molecule has 0 aromatic carbocycles. The smallest absolute Gasteiger partial charge is 0.284 e. The van der Waals surface area contributed by atoms with Gasteiger partial charge in [0.15, 0.2) is 22.5 Å². The minimum atomic E-state index is -0.785. The summed E-state index contributed by atoms with van der Waals surface area (Å²) in [4.78, 5) is 24.1. The second-order valence-electron chi connectivity index (χ2n) is 4.90. The van der Waals surface area contributed by atoms with Gasteiger partial charge in [-0.1, -0.05) is 23.2 Å². The summed E-state index contributed by atoms with van der Waals surface area (Å²) in [5.41, 5.74) is 1.71. The van der Waals surface area contributed by atoms with Gasteiger partial charge in [0, 0.05) is 24.3 Å². The molecule has 0 aliphatic heterocycles. The fraction of sp³-hybridized carbons (Fsp3) is 0. The van der Waals surface area contributed by atoms with Gasteiger partial charge in [0.05, 0.1) is 0 Å². The number of Topliss-reactive ketones (excluding diaryl/α,β-unsaturated/α-hetero) is 2. The lowest BCUT2D eigenvalue weighted by Gasteiger charge is -2.03. The molecule has 6 heteroatoms. The highest BCUT2D eigenvalue weighted by Gasteiger charge is 2.36. The summed E-state index contributed by atoms with van der Waals surface area (Å²) in [6.07, 6.45) is 3.58. The van der Waals surface area contributed by atoms with E-state index in [1.165, 1.54) is 0 Å². The lowest BCUT2D eigenvalue weighted by atomic mass is 10.1. The second kappa shape index (κ2) is 4.60. The van der Waals surface area contributed by atoms with E-state index in [1.54, 1.807) is 21.2 Å². The van der Waals surface area contributed by atoms with E-state index in [9.17, 15) is 9.59 Å². The van der Waals surface area contributed by atoms with Crippen molar-refractivity contribution in [1.29, 1.82) is 0 Å². The third-order valence-electron chi connectivity index (χ3n) is 3.71. The third-order valence-corrected chi connectivity index (χ3v) is 4.41. The second-order valence-corrected chi connectivity index (χ2v) is 5.65. The lowest BCUT2D eigenvalue weighted by molar-refractivity contribution is -0.586. The molecular weight excluding hydrogens is 323 g/mol. The summed E-state index contributed by atoms with van der Waals surface area (Å²) < 4.78 is 3.56. The Balaban J connectivity index is 2.54. The highest BCUT2D eigenvalue weighted by molar-refractivity contribution is 6.84. The van der Waals surface area contributed by atoms with Gasteiger partial charge in [0.2, 0.25) is 0 Å². The van der Waals surface area contributed by atoms with Crippen molar-refractivity contribution in [2.45, 2.75) is 0 Å². The average Bonchev–Trinajstić information content (AvgIpc) is 2.57. The number of hydrogen-bond donors (Lipinski definition) is 0. The number of rotatable bonds is 0. The number of aromatic nitrogens is 2. The highest BCUT2D eigenvalue weighted by Crippen LogP contribution is 2.13. The van der Waals surface area contributed by atoms with Gasteiger partial charge in [-0.15, -0.1) is 8.80 Å². The van der Waals surface area contributed by atoms with Crippen LogP contribution in [0.1, 0.15) is 0 Å². The van der Waals surface area contributed by atoms with E-state index < -0.39 is 11.6 Å². The molecule has 22 heavy (non-hydrogen) atoms. The first-order valence-corrected chi connectivity index (χ1v) is 7.28. The van der Waals surface area contributed by atoms with Crippen molar-refractivity contribution in [3.05, 3.63) is 59.5 Å². The molecule has 3 aromatic heterocycles. The maximum Gasteiger partial charge on any atom is 0.308 e. The number of carbonyl (C=O) groups excluding carboxylic acids is 2. The van der Waals surface area contributed by atoms with Crippen LogP contribution in [0, 0.1) is 0 Å². The zero-order chi connectivity index (χ0) is 15.4. The molecule has 106 valence electrons. The van der Waals surface area contributed by atoms with Gasteiger partial charge in [-0.2, -0.15) is 0 Å². The van der Waals surface area contributed by atoms with Gasteiger partial charge in [-0.05, 0) is 12.1 Å². The normalized spacial score (nSPS) is 14.8. The number of hydrogen-bond acceptors (Lipinski definition) is 2. The number of nitrogens with zero attached hydrogens (tertiary/aromatic N) is 2. The quantitative estimate of drug-likeness (QED) is 0.331. The summed E-state index contributed by atoms with van der Waals surface area (Å²) in [5, 5.41) is 0.610. The number of carbonyl (C=O) groups is 2. The molecule has 0 radical (unpaired) electrons. The van der Waals surface area contributed by atoms with E-state index in [1.807, 2.05) is 36.4 Å². The van der Waals surface area contributed by atoms with E-state index >= 15 is 0 Å². The lowest BCUT2D eigenvalue weighted by Crippen LogP contribution is -2.65. The van der Waals surface area contributed by atoms with Crippen LogP contribution >= 0.6 is 23.2 Å². The summed E-state index contributed by atoms with van der Waals surface area (Å²) in [7, 11) is 0. The minimum absolute atomic E-state index is 0.121. The fourth-order valence-electron chi connectivity index (χ4n) is 2.76. The predicted molar refractivity (Wildman–Crippen MR) is 80.5 cm³/mol. The monoisotopic (exact) mass is 330 g/mol. The molecule has 0 spiro atoms. The predicted octanol–water partition coefficient (Wildman–Crippen LogP) is 0.00980. The third kappa shape index (κ3) is 1.59. The van der Waals surface area contributed by atoms with E-state index in [4.69, 9.17) is 23.2 Å². The molecule has 1 aliphatic carbocycles. The molecule has 3 heterocycles.